The Hall–Kier alpha value is -2.64. The smallest absolute Gasteiger partial charge is 0.261 e. The number of benzene rings is 2. The van der Waals surface area contributed by atoms with E-state index in [4.69, 9.17) is 4.74 Å². The van der Waals surface area contributed by atoms with Crippen LogP contribution in [0.1, 0.15) is 12.0 Å². The van der Waals surface area contributed by atoms with Gasteiger partial charge in [0, 0.05) is 20.3 Å². The summed E-state index contributed by atoms with van der Waals surface area (Å²) >= 11 is 0. The van der Waals surface area contributed by atoms with Gasteiger partial charge in [0.2, 0.25) is 0 Å². The minimum Gasteiger partial charge on any atom is -0.385 e. The number of methoxy groups -OCH3 is 1. The first-order chi connectivity index (χ1) is 10.8. The number of hydrogen-bond donors (Lipinski definition) is 1. The van der Waals surface area contributed by atoms with Crippen molar-refractivity contribution in [2.45, 2.75) is 6.42 Å². The highest BCUT2D eigenvalue weighted by Gasteiger charge is 2.09. The number of nitrogens with one attached hydrogen (secondary N) is 1. The third kappa shape index (κ3) is 3.94. The SMILES string of the molecule is COCCCNC(=O)/C(C#N)=C/c1cccc2ccccc12. The Labute approximate surface area is 130 Å². The number of ether oxygens (including phenoxy) is 1. The normalized spacial score (nSPS) is 11.2. The van der Waals surface area contributed by atoms with Gasteiger partial charge >= 0.3 is 0 Å². The van der Waals surface area contributed by atoms with Crippen molar-refractivity contribution in [1.29, 1.82) is 5.26 Å². The summed E-state index contributed by atoms with van der Waals surface area (Å²) in [6, 6.07) is 15.7. The summed E-state index contributed by atoms with van der Waals surface area (Å²) in [5, 5.41) is 14.1. The Morgan fingerprint density at radius 2 is 2.05 bits per heavy atom. The van der Waals surface area contributed by atoms with Crippen molar-refractivity contribution in [3.8, 4) is 6.07 Å². The first kappa shape index (κ1) is 15.7. The maximum atomic E-state index is 12.0. The summed E-state index contributed by atoms with van der Waals surface area (Å²) in [4.78, 5) is 12.0. The van der Waals surface area contributed by atoms with Crippen molar-refractivity contribution >= 4 is 22.8 Å². The topological polar surface area (TPSA) is 62.1 Å². The van der Waals surface area contributed by atoms with Crippen LogP contribution in [-0.4, -0.2) is 26.2 Å². The van der Waals surface area contributed by atoms with Crippen molar-refractivity contribution in [3.05, 3.63) is 53.6 Å². The van der Waals surface area contributed by atoms with Gasteiger partial charge in [0.1, 0.15) is 11.6 Å². The zero-order chi connectivity index (χ0) is 15.8. The molecule has 2 aromatic rings. The molecule has 22 heavy (non-hydrogen) atoms. The van der Waals surface area contributed by atoms with Crippen LogP contribution in [0.25, 0.3) is 16.8 Å². The third-order valence-electron chi connectivity index (χ3n) is 3.30. The molecule has 1 amide bonds. The first-order valence-corrected chi connectivity index (χ1v) is 7.13. The molecule has 0 saturated carbocycles. The Bertz CT molecular complexity index is 724. The molecule has 0 aliphatic carbocycles. The average molecular weight is 294 g/mol. The summed E-state index contributed by atoms with van der Waals surface area (Å²) in [5.41, 5.74) is 0.968. The molecule has 0 spiro atoms. The molecular weight excluding hydrogens is 276 g/mol. The lowest BCUT2D eigenvalue weighted by atomic mass is 10.0. The highest BCUT2D eigenvalue weighted by Crippen LogP contribution is 2.20. The van der Waals surface area contributed by atoms with Crippen LogP contribution < -0.4 is 5.32 Å². The van der Waals surface area contributed by atoms with Gasteiger partial charge in [-0.3, -0.25) is 4.79 Å². The van der Waals surface area contributed by atoms with Crippen LogP contribution >= 0.6 is 0 Å². The quantitative estimate of drug-likeness (QED) is 0.506. The average Bonchev–Trinajstić information content (AvgIpc) is 2.56. The lowest BCUT2D eigenvalue weighted by Gasteiger charge is -2.05. The fraction of sp³-hybridized carbons (Fsp3) is 0.222. The number of rotatable bonds is 6. The number of nitrogens with zero attached hydrogens (tertiary/aromatic N) is 1. The van der Waals surface area contributed by atoms with E-state index in [1.165, 1.54) is 0 Å². The predicted molar refractivity (Wildman–Crippen MR) is 87.0 cm³/mol. The summed E-state index contributed by atoms with van der Waals surface area (Å²) in [6.45, 7) is 1.07. The number of hydrogen-bond acceptors (Lipinski definition) is 3. The zero-order valence-electron chi connectivity index (χ0n) is 12.5. The van der Waals surface area contributed by atoms with E-state index >= 15 is 0 Å². The summed E-state index contributed by atoms with van der Waals surface area (Å²) in [6.07, 6.45) is 2.35. The molecule has 0 aromatic heterocycles. The minimum atomic E-state index is -0.355. The van der Waals surface area contributed by atoms with Gasteiger partial charge in [0.05, 0.1) is 0 Å². The van der Waals surface area contributed by atoms with Crippen LogP contribution in [0, 0.1) is 11.3 Å². The molecular formula is C18H18N2O2. The molecule has 0 radical (unpaired) electrons. The summed E-state index contributed by atoms with van der Waals surface area (Å²) in [5.74, 6) is -0.355. The maximum absolute atomic E-state index is 12.0. The molecule has 112 valence electrons. The molecule has 0 fully saturated rings. The maximum Gasteiger partial charge on any atom is 0.261 e. The lowest BCUT2D eigenvalue weighted by molar-refractivity contribution is -0.117. The fourth-order valence-electron chi connectivity index (χ4n) is 2.19. The van der Waals surface area contributed by atoms with Gasteiger partial charge in [-0.25, -0.2) is 0 Å². The molecule has 2 rings (SSSR count). The van der Waals surface area contributed by atoms with Crippen molar-refractivity contribution in [3.63, 3.8) is 0 Å². The van der Waals surface area contributed by atoms with E-state index in [0.29, 0.717) is 13.2 Å². The number of carbonyl (C=O) groups is 1. The zero-order valence-corrected chi connectivity index (χ0v) is 12.5. The van der Waals surface area contributed by atoms with Crippen LogP contribution in [0.2, 0.25) is 0 Å². The monoisotopic (exact) mass is 294 g/mol. The lowest BCUT2D eigenvalue weighted by Crippen LogP contribution is -2.26. The molecule has 4 nitrogen and oxygen atoms in total. The van der Waals surface area contributed by atoms with Crippen molar-refractivity contribution < 1.29 is 9.53 Å². The Kier molecular flexibility index (Phi) is 5.70. The highest BCUT2D eigenvalue weighted by atomic mass is 16.5. The van der Waals surface area contributed by atoms with Crippen LogP contribution in [0.5, 0.6) is 0 Å². The highest BCUT2D eigenvalue weighted by molar-refractivity contribution is 6.04. The molecule has 0 atom stereocenters. The van der Waals surface area contributed by atoms with Gasteiger partial charge in [-0.15, -0.1) is 0 Å². The van der Waals surface area contributed by atoms with Gasteiger partial charge in [-0.05, 0) is 28.8 Å². The van der Waals surface area contributed by atoms with Crippen LogP contribution in [-0.2, 0) is 9.53 Å². The van der Waals surface area contributed by atoms with E-state index in [2.05, 4.69) is 5.32 Å². The molecule has 0 aliphatic rings. The number of carbonyl (C=O) groups excluding carboxylic acids is 1. The van der Waals surface area contributed by atoms with Crippen LogP contribution in [0.15, 0.2) is 48.0 Å². The number of nitriles is 1. The van der Waals surface area contributed by atoms with Crippen LogP contribution in [0.4, 0.5) is 0 Å². The van der Waals surface area contributed by atoms with E-state index in [0.717, 1.165) is 22.8 Å². The van der Waals surface area contributed by atoms with Gasteiger partial charge in [0.25, 0.3) is 5.91 Å². The molecule has 0 heterocycles. The van der Waals surface area contributed by atoms with E-state index in [9.17, 15) is 10.1 Å². The second-order valence-electron chi connectivity index (χ2n) is 4.84. The van der Waals surface area contributed by atoms with Crippen LogP contribution in [0.3, 0.4) is 0 Å². The Morgan fingerprint density at radius 1 is 1.27 bits per heavy atom. The molecule has 0 unspecified atom stereocenters. The van der Waals surface area contributed by atoms with Gasteiger partial charge in [-0.1, -0.05) is 42.5 Å². The minimum absolute atomic E-state index is 0.105. The molecule has 0 aliphatic heterocycles. The largest absolute Gasteiger partial charge is 0.385 e. The van der Waals surface area contributed by atoms with Gasteiger partial charge in [-0.2, -0.15) is 5.26 Å². The Morgan fingerprint density at radius 3 is 2.82 bits per heavy atom. The fourth-order valence-corrected chi connectivity index (χ4v) is 2.19. The van der Waals surface area contributed by atoms with Gasteiger partial charge < -0.3 is 10.1 Å². The second-order valence-corrected chi connectivity index (χ2v) is 4.84. The van der Waals surface area contributed by atoms with E-state index in [1.54, 1.807) is 13.2 Å². The standard InChI is InChI=1S/C18H18N2O2/c1-22-11-5-10-20-18(21)16(13-19)12-15-8-4-7-14-6-2-3-9-17(14)15/h2-4,6-9,12H,5,10-11H2,1H3,(H,20,21)/b16-12+. The van der Waals surface area contributed by atoms with Crippen molar-refractivity contribution in [2.24, 2.45) is 0 Å². The summed E-state index contributed by atoms with van der Waals surface area (Å²) in [7, 11) is 1.61. The molecule has 4 heteroatoms. The third-order valence-corrected chi connectivity index (χ3v) is 3.30. The molecule has 0 saturated heterocycles. The molecule has 0 bridgehead atoms. The Balaban J connectivity index is 2.21. The van der Waals surface area contributed by atoms with Crippen molar-refractivity contribution in [2.75, 3.05) is 20.3 Å². The van der Waals surface area contributed by atoms with Crippen molar-refractivity contribution in [1.82, 2.24) is 5.32 Å². The second kappa shape index (κ2) is 7.96. The molecule has 2 aromatic carbocycles. The van der Waals surface area contributed by atoms with Gasteiger partial charge in [0.15, 0.2) is 0 Å². The van der Waals surface area contributed by atoms with E-state index in [-0.39, 0.29) is 11.5 Å². The van der Waals surface area contributed by atoms with E-state index < -0.39 is 0 Å². The number of fused-ring (bicyclic) bond motifs is 1. The predicted octanol–water partition coefficient (Wildman–Crippen LogP) is 2.90. The number of amides is 1. The first-order valence-electron chi connectivity index (χ1n) is 7.13. The van der Waals surface area contributed by atoms with E-state index in [1.807, 2.05) is 48.5 Å². The molecule has 1 N–H and O–H groups in total. The summed E-state index contributed by atoms with van der Waals surface area (Å²) < 4.78 is 4.92.